The third kappa shape index (κ3) is 3.29. The normalized spacial score (nSPS) is 13.9. The van der Waals surface area contributed by atoms with Crippen LogP contribution < -0.4 is 11.3 Å². The summed E-state index contributed by atoms with van der Waals surface area (Å²) < 4.78 is 27.3. The highest BCUT2D eigenvalue weighted by Crippen LogP contribution is 2.32. The molecule has 0 aromatic heterocycles. The molecule has 0 radical (unpaired) electrons. The third-order valence-corrected chi connectivity index (χ3v) is 3.72. The van der Waals surface area contributed by atoms with Crippen LogP contribution in [0.3, 0.4) is 0 Å². The van der Waals surface area contributed by atoms with Crippen LogP contribution in [0.5, 0.6) is 0 Å². The van der Waals surface area contributed by atoms with Gasteiger partial charge in [-0.1, -0.05) is 13.8 Å². The molecule has 0 aliphatic rings. The fourth-order valence-corrected chi connectivity index (χ4v) is 2.63. The molecule has 1 unspecified atom stereocenters. The van der Waals surface area contributed by atoms with Gasteiger partial charge < -0.3 is 0 Å². The molecule has 3 N–H and O–H groups in total. The summed E-state index contributed by atoms with van der Waals surface area (Å²) in [7, 11) is 0. The first kappa shape index (κ1) is 16.0. The van der Waals surface area contributed by atoms with Crippen molar-refractivity contribution in [2.45, 2.75) is 39.3 Å². The third-order valence-electron chi connectivity index (χ3n) is 3.72. The Balaban J connectivity index is 3.22. The van der Waals surface area contributed by atoms with E-state index in [4.69, 9.17) is 5.84 Å². The number of hydrogen-bond donors (Lipinski definition) is 2. The van der Waals surface area contributed by atoms with E-state index in [2.05, 4.69) is 10.3 Å². The molecule has 0 aliphatic heterocycles. The van der Waals surface area contributed by atoms with Crippen molar-refractivity contribution in [1.29, 1.82) is 0 Å². The summed E-state index contributed by atoms with van der Waals surface area (Å²) in [6.07, 6.45) is 0. The quantitative estimate of drug-likeness (QED) is 0.617. The second-order valence-electron chi connectivity index (χ2n) is 5.09. The molecular weight excluding hydrogens is 248 g/mol. The highest BCUT2D eigenvalue weighted by molar-refractivity contribution is 5.25. The first-order valence-corrected chi connectivity index (χ1v) is 6.54. The van der Waals surface area contributed by atoms with Crippen molar-refractivity contribution in [1.82, 2.24) is 10.3 Å². The zero-order valence-electron chi connectivity index (χ0n) is 12.0. The van der Waals surface area contributed by atoms with Gasteiger partial charge in [-0.05, 0) is 45.1 Å². The monoisotopic (exact) mass is 271 g/mol. The maximum absolute atomic E-state index is 13.9. The predicted octanol–water partition coefficient (Wildman–Crippen LogP) is 2.59. The lowest BCUT2D eigenvalue weighted by atomic mass is 9.87. The summed E-state index contributed by atoms with van der Waals surface area (Å²) in [5.41, 5.74) is 2.44. The number of nitrogens with one attached hydrogen (secondary N) is 1. The van der Waals surface area contributed by atoms with Gasteiger partial charge in [0.05, 0.1) is 6.04 Å². The van der Waals surface area contributed by atoms with Crippen LogP contribution in [-0.2, 0) is 0 Å². The lowest BCUT2D eigenvalue weighted by molar-refractivity contribution is 0.0896. The summed E-state index contributed by atoms with van der Waals surface area (Å²) in [6.45, 7) is 9.60. The summed E-state index contributed by atoms with van der Waals surface area (Å²) in [5, 5.41) is 0. The summed E-state index contributed by atoms with van der Waals surface area (Å²) in [4.78, 5) is 2.15. The second-order valence-corrected chi connectivity index (χ2v) is 5.09. The number of likely N-dealkylation sites (N-methyl/N-ethyl adjacent to an activating group) is 1. The number of halogens is 2. The Labute approximate surface area is 113 Å². The molecule has 0 fully saturated rings. The fourth-order valence-electron chi connectivity index (χ4n) is 2.63. The molecule has 0 bridgehead atoms. The molecule has 3 nitrogen and oxygen atoms in total. The molecule has 1 rings (SSSR count). The Morgan fingerprint density at radius 1 is 1.26 bits per heavy atom. The predicted molar refractivity (Wildman–Crippen MR) is 73.4 cm³/mol. The van der Waals surface area contributed by atoms with Crippen LogP contribution in [0.15, 0.2) is 18.2 Å². The molecule has 0 heterocycles. The number of nitrogens with two attached hydrogens (primary N) is 1. The van der Waals surface area contributed by atoms with Crippen molar-refractivity contribution < 1.29 is 8.78 Å². The van der Waals surface area contributed by atoms with Crippen molar-refractivity contribution in [3.8, 4) is 0 Å². The van der Waals surface area contributed by atoms with E-state index in [9.17, 15) is 8.78 Å². The van der Waals surface area contributed by atoms with E-state index in [0.717, 1.165) is 25.2 Å². The smallest absolute Gasteiger partial charge is 0.128 e. The fraction of sp³-hybridized carbons (Fsp3) is 0.571. The van der Waals surface area contributed by atoms with Gasteiger partial charge in [0.25, 0.3) is 0 Å². The van der Waals surface area contributed by atoms with Gasteiger partial charge in [0.1, 0.15) is 11.6 Å². The van der Waals surface area contributed by atoms with Crippen LogP contribution in [0.25, 0.3) is 0 Å². The van der Waals surface area contributed by atoms with Crippen molar-refractivity contribution in [2.24, 2.45) is 5.84 Å². The highest BCUT2D eigenvalue weighted by atomic mass is 19.1. The van der Waals surface area contributed by atoms with Crippen molar-refractivity contribution in [2.75, 3.05) is 13.1 Å². The molecule has 108 valence electrons. The topological polar surface area (TPSA) is 41.3 Å². The molecule has 0 spiro atoms. The Morgan fingerprint density at radius 2 is 1.84 bits per heavy atom. The number of benzene rings is 1. The van der Waals surface area contributed by atoms with Crippen LogP contribution in [0.1, 0.15) is 39.3 Å². The van der Waals surface area contributed by atoms with Crippen molar-refractivity contribution >= 4 is 0 Å². The molecule has 1 aromatic carbocycles. The standard InChI is InChI=1S/C14H23F2N3/c1-5-19(6-2)14(3,4)13(18-17)11-9-10(15)7-8-12(11)16/h7-9,13,18H,5-6,17H2,1-4H3. The minimum atomic E-state index is -0.497. The molecule has 1 aromatic rings. The Kier molecular flexibility index (Phi) is 5.40. The Morgan fingerprint density at radius 3 is 2.32 bits per heavy atom. The van der Waals surface area contributed by atoms with E-state index in [1.807, 2.05) is 27.7 Å². The number of nitrogens with zero attached hydrogens (tertiary/aromatic N) is 1. The van der Waals surface area contributed by atoms with Crippen LogP contribution in [0.4, 0.5) is 8.78 Å². The first-order chi connectivity index (χ1) is 8.88. The number of rotatable bonds is 6. The average Bonchev–Trinajstić information content (AvgIpc) is 2.35. The second kappa shape index (κ2) is 6.41. The first-order valence-electron chi connectivity index (χ1n) is 6.54. The highest BCUT2D eigenvalue weighted by Gasteiger charge is 2.36. The summed E-state index contributed by atoms with van der Waals surface area (Å²) in [6, 6.07) is 2.94. The van der Waals surface area contributed by atoms with Gasteiger partial charge in [0.15, 0.2) is 0 Å². The molecule has 0 saturated heterocycles. The van der Waals surface area contributed by atoms with Gasteiger partial charge >= 0.3 is 0 Å². The molecule has 19 heavy (non-hydrogen) atoms. The summed E-state index contributed by atoms with van der Waals surface area (Å²) >= 11 is 0. The van der Waals surface area contributed by atoms with Crippen LogP contribution in [0, 0.1) is 11.6 Å². The van der Waals surface area contributed by atoms with E-state index in [1.54, 1.807) is 0 Å². The summed E-state index contributed by atoms with van der Waals surface area (Å²) in [5.74, 6) is 4.67. The Bertz CT molecular complexity index is 417. The SMILES string of the molecule is CCN(CC)C(C)(C)C(NN)c1cc(F)ccc1F. The maximum atomic E-state index is 13.9. The van der Waals surface area contributed by atoms with Gasteiger partial charge in [0, 0.05) is 11.1 Å². The van der Waals surface area contributed by atoms with E-state index < -0.39 is 23.2 Å². The largest absolute Gasteiger partial charge is 0.297 e. The molecule has 5 heteroatoms. The van der Waals surface area contributed by atoms with Crippen LogP contribution >= 0.6 is 0 Å². The van der Waals surface area contributed by atoms with Gasteiger partial charge in [0.2, 0.25) is 0 Å². The van der Waals surface area contributed by atoms with Gasteiger partial charge in [-0.3, -0.25) is 16.2 Å². The van der Waals surface area contributed by atoms with Gasteiger partial charge in [-0.15, -0.1) is 0 Å². The molecule has 0 saturated carbocycles. The van der Waals surface area contributed by atoms with Crippen LogP contribution in [0.2, 0.25) is 0 Å². The van der Waals surface area contributed by atoms with Crippen molar-refractivity contribution in [3.63, 3.8) is 0 Å². The van der Waals surface area contributed by atoms with Gasteiger partial charge in [-0.25, -0.2) is 8.78 Å². The average molecular weight is 271 g/mol. The molecule has 1 atom stereocenters. The minimum Gasteiger partial charge on any atom is -0.297 e. The molecule has 0 amide bonds. The zero-order valence-corrected chi connectivity index (χ0v) is 12.0. The Hall–Kier alpha value is -1.04. The number of hydrazine groups is 1. The van der Waals surface area contributed by atoms with Crippen LogP contribution in [-0.4, -0.2) is 23.5 Å². The van der Waals surface area contributed by atoms with E-state index in [0.29, 0.717) is 0 Å². The molecule has 0 aliphatic carbocycles. The van der Waals surface area contributed by atoms with E-state index in [1.165, 1.54) is 6.07 Å². The number of hydrogen-bond acceptors (Lipinski definition) is 3. The van der Waals surface area contributed by atoms with E-state index >= 15 is 0 Å². The molecular formula is C14H23F2N3. The van der Waals surface area contributed by atoms with Gasteiger partial charge in [-0.2, -0.15) is 0 Å². The van der Waals surface area contributed by atoms with Crippen molar-refractivity contribution in [3.05, 3.63) is 35.4 Å². The lowest BCUT2D eigenvalue weighted by Gasteiger charge is -2.43. The minimum absolute atomic E-state index is 0.249. The lowest BCUT2D eigenvalue weighted by Crippen LogP contribution is -2.54. The maximum Gasteiger partial charge on any atom is 0.128 e. The van der Waals surface area contributed by atoms with E-state index in [-0.39, 0.29) is 5.56 Å². The zero-order chi connectivity index (χ0) is 14.6.